The van der Waals surface area contributed by atoms with Crippen LogP contribution in [0.1, 0.15) is 52.9 Å². The molecule has 0 atom stereocenters. The highest BCUT2D eigenvalue weighted by molar-refractivity contribution is 4.86. The summed E-state index contributed by atoms with van der Waals surface area (Å²) in [6, 6.07) is 0. The minimum atomic E-state index is -0.397. The third-order valence-electron chi connectivity index (χ3n) is 3.47. The molecule has 0 aromatic carbocycles. The lowest BCUT2D eigenvalue weighted by Gasteiger charge is -2.29. The van der Waals surface area contributed by atoms with E-state index in [0.29, 0.717) is 0 Å². The molecule has 0 aliphatic heterocycles. The molecular formula is C14H30N2O. The molecule has 3 nitrogen and oxygen atoms in total. The van der Waals surface area contributed by atoms with Crippen LogP contribution in [0.4, 0.5) is 0 Å². The van der Waals surface area contributed by atoms with Crippen LogP contribution in [0.15, 0.2) is 0 Å². The lowest BCUT2D eigenvalue weighted by molar-refractivity contribution is 0.0161. The molecule has 0 spiro atoms. The largest absolute Gasteiger partial charge is 0.389 e. The quantitative estimate of drug-likeness (QED) is 0.699. The normalized spacial score (nSPS) is 20.1. The predicted octanol–water partition coefficient (Wildman–Crippen LogP) is 2.00. The van der Waals surface area contributed by atoms with Crippen molar-refractivity contribution < 1.29 is 5.11 Å². The molecule has 0 amide bonds. The maximum atomic E-state index is 10.3. The van der Waals surface area contributed by atoms with Crippen LogP contribution in [0.2, 0.25) is 0 Å². The Kier molecular flexibility index (Phi) is 5.42. The van der Waals surface area contributed by atoms with Gasteiger partial charge in [-0.1, -0.05) is 12.8 Å². The van der Waals surface area contributed by atoms with Crippen molar-refractivity contribution in [2.24, 2.45) is 0 Å². The zero-order chi connectivity index (χ0) is 12.9. The highest BCUT2D eigenvalue weighted by Gasteiger charge is 2.31. The zero-order valence-electron chi connectivity index (χ0n) is 12.1. The van der Waals surface area contributed by atoms with Crippen molar-refractivity contribution in [1.29, 1.82) is 0 Å². The molecule has 1 rings (SSSR count). The second-order valence-electron chi connectivity index (χ2n) is 6.70. The molecule has 2 N–H and O–H groups in total. The summed E-state index contributed by atoms with van der Waals surface area (Å²) in [5, 5.41) is 13.8. The molecule has 0 aromatic rings. The van der Waals surface area contributed by atoms with Gasteiger partial charge in [-0.3, -0.25) is 0 Å². The van der Waals surface area contributed by atoms with Gasteiger partial charge in [0.25, 0.3) is 0 Å². The van der Waals surface area contributed by atoms with Crippen LogP contribution < -0.4 is 5.32 Å². The number of nitrogens with zero attached hydrogens (tertiary/aromatic N) is 1. The van der Waals surface area contributed by atoms with Crippen molar-refractivity contribution in [2.75, 3.05) is 26.7 Å². The van der Waals surface area contributed by atoms with Gasteiger partial charge in [-0.2, -0.15) is 0 Å². The van der Waals surface area contributed by atoms with E-state index in [2.05, 4.69) is 38.0 Å². The zero-order valence-corrected chi connectivity index (χ0v) is 12.1. The van der Waals surface area contributed by atoms with Crippen molar-refractivity contribution in [3.05, 3.63) is 0 Å². The molecule has 0 radical (unpaired) electrons. The second kappa shape index (κ2) is 6.17. The van der Waals surface area contributed by atoms with E-state index in [1.807, 2.05) is 0 Å². The molecule has 0 unspecified atom stereocenters. The molecule has 0 bridgehead atoms. The summed E-state index contributed by atoms with van der Waals surface area (Å²) in [6.45, 7) is 9.52. The molecule has 3 heteroatoms. The molecule has 0 heterocycles. The summed E-state index contributed by atoms with van der Waals surface area (Å²) in [5.41, 5.74) is -0.186. The van der Waals surface area contributed by atoms with E-state index in [9.17, 15) is 5.11 Å². The standard InChI is InChI=1S/C14H30N2O/c1-13(2,3)15-10-7-11-16(4)12-14(17)8-5-6-9-14/h15,17H,5-12H2,1-4H3. The molecule has 1 aliphatic rings. The maximum Gasteiger partial charge on any atom is 0.0774 e. The van der Waals surface area contributed by atoms with Crippen LogP contribution in [0, 0.1) is 0 Å². The number of hydrogen-bond acceptors (Lipinski definition) is 3. The SMILES string of the molecule is CN(CCCNC(C)(C)C)CC1(O)CCCC1. The van der Waals surface area contributed by atoms with E-state index in [-0.39, 0.29) is 5.54 Å². The van der Waals surface area contributed by atoms with Gasteiger partial charge in [0, 0.05) is 12.1 Å². The van der Waals surface area contributed by atoms with E-state index in [1.165, 1.54) is 12.8 Å². The van der Waals surface area contributed by atoms with Crippen molar-refractivity contribution >= 4 is 0 Å². The van der Waals surface area contributed by atoms with Gasteiger partial charge in [0.2, 0.25) is 0 Å². The van der Waals surface area contributed by atoms with Crippen molar-refractivity contribution in [2.45, 2.75) is 64.0 Å². The highest BCUT2D eigenvalue weighted by Crippen LogP contribution is 2.29. The lowest BCUT2D eigenvalue weighted by atomic mass is 10.0. The van der Waals surface area contributed by atoms with Crippen LogP contribution in [-0.2, 0) is 0 Å². The third kappa shape index (κ3) is 6.39. The van der Waals surface area contributed by atoms with Gasteiger partial charge in [0.05, 0.1) is 5.60 Å². The average Bonchev–Trinajstić information content (AvgIpc) is 2.58. The monoisotopic (exact) mass is 242 g/mol. The van der Waals surface area contributed by atoms with Crippen LogP contribution in [0.3, 0.4) is 0 Å². The first-order valence-corrected chi connectivity index (χ1v) is 6.97. The van der Waals surface area contributed by atoms with Gasteiger partial charge in [0.15, 0.2) is 0 Å². The molecular weight excluding hydrogens is 212 g/mol. The van der Waals surface area contributed by atoms with Crippen LogP contribution in [-0.4, -0.2) is 47.8 Å². The molecule has 0 aromatic heterocycles. The van der Waals surface area contributed by atoms with E-state index in [0.717, 1.165) is 38.9 Å². The predicted molar refractivity (Wildman–Crippen MR) is 73.3 cm³/mol. The van der Waals surface area contributed by atoms with Crippen molar-refractivity contribution in [1.82, 2.24) is 10.2 Å². The van der Waals surface area contributed by atoms with E-state index >= 15 is 0 Å². The van der Waals surface area contributed by atoms with Gasteiger partial charge in [-0.15, -0.1) is 0 Å². The smallest absolute Gasteiger partial charge is 0.0774 e. The summed E-state index contributed by atoms with van der Waals surface area (Å²) < 4.78 is 0. The molecule has 1 aliphatic carbocycles. The Hall–Kier alpha value is -0.120. The van der Waals surface area contributed by atoms with Crippen molar-refractivity contribution in [3.8, 4) is 0 Å². The Balaban J connectivity index is 2.11. The minimum absolute atomic E-state index is 0.211. The molecule has 102 valence electrons. The summed E-state index contributed by atoms with van der Waals surface area (Å²) in [4.78, 5) is 2.27. The van der Waals surface area contributed by atoms with E-state index in [4.69, 9.17) is 0 Å². The van der Waals surface area contributed by atoms with Gasteiger partial charge < -0.3 is 15.3 Å². The molecule has 1 saturated carbocycles. The van der Waals surface area contributed by atoms with Gasteiger partial charge >= 0.3 is 0 Å². The van der Waals surface area contributed by atoms with Gasteiger partial charge in [-0.05, 0) is 60.2 Å². The Morgan fingerprint density at radius 1 is 1.24 bits per heavy atom. The Bertz CT molecular complexity index is 217. The Morgan fingerprint density at radius 2 is 1.82 bits per heavy atom. The average molecular weight is 242 g/mol. The summed E-state index contributed by atoms with van der Waals surface area (Å²) in [6.07, 6.45) is 5.49. The molecule has 1 fully saturated rings. The fourth-order valence-electron chi connectivity index (χ4n) is 2.59. The fraction of sp³-hybridized carbons (Fsp3) is 1.00. The topological polar surface area (TPSA) is 35.5 Å². The van der Waals surface area contributed by atoms with Crippen molar-refractivity contribution in [3.63, 3.8) is 0 Å². The maximum absolute atomic E-state index is 10.3. The Labute approximate surface area is 107 Å². The van der Waals surface area contributed by atoms with Crippen LogP contribution in [0.5, 0.6) is 0 Å². The number of likely N-dealkylation sites (N-methyl/N-ethyl adjacent to an activating group) is 1. The lowest BCUT2D eigenvalue weighted by Crippen LogP contribution is -2.41. The van der Waals surface area contributed by atoms with Crippen LogP contribution in [0.25, 0.3) is 0 Å². The first-order valence-electron chi connectivity index (χ1n) is 6.97. The van der Waals surface area contributed by atoms with E-state index < -0.39 is 5.60 Å². The fourth-order valence-corrected chi connectivity index (χ4v) is 2.59. The minimum Gasteiger partial charge on any atom is -0.389 e. The summed E-state index contributed by atoms with van der Waals surface area (Å²) in [7, 11) is 2.12. The second-order valence-corrected chi connectivity index (χ2v) is 6.70. The summed E-state index contributed by atoms with van der Waals surface area (Å²) in [5.74, 6) is 0. The number of nitrogens with one attached hydrogen (secondary N) is 1. The molecule has 0 saturated heterocycles. The third-order valence-corrected chi connectivity index (χ3v) is 3.47. The highest BCUT2D eigenvalue weighted by atomic mass is 16.3. The number of aliphatic hydroxyl groups is 1. The van der Waals surface area contributed by atoms with Crippen LogP contribution >= 0.6 is 0 Å². The van der Waals surface area contributed by atoms with E-state index in [1.54, 1.807) is 0 Å². The first kappa shape index (κ1) is 14.9. The Morgan fingerprint density at radius 3 is 2.35 bits per heavy atom. The summed E-state index contributed by atoms with van der Waals surface area (Å²) >= 11 is 0. The first-order chi connectivity index (χ1) is 7.81. The molecule has 17 heavy (non-hydrogen) atoms. The number of rotatable bonds is 6. The van der Waals surface area contributed by atoms with Gasteiger partial charge in [0.1, 0.15) is 0 Å². The van der Waals surface area contributed by atoms with Gasteiger partial charge in [-0.25, -0.2) is 0 Å². The number of hydrogen-bond donors (Lipinski definition) is 2.